The molecule has 0 radical (unpaired) electrons. The molecule has 0 saturated carbocycles. The summed E-state index contributed by atoms with van der Waals surface area (Å²) in [7, 11) is 1.46. The summed E-state index contributed by atoms with van der Waals surface area (Å²) in [5.74, 6) is -0.613. The number of methoxy groups -OCH3 is 1. The maximum Gasteiger partial charge on any atom is 0.355 e. The van der Waals surface area contributed by atoms with Gasteiger partial charge in [-0.25, -0.2) is 10.2 Å². The van der Waals surface area contributed by atoms with Crippen LogP contribution >= 0.6 is 22.9 Å². The summed E-state index contributed by atoms with van der Waals surface area (Å²) in [6.45, 7) is 2.07. The summed E-state index contributed by atoms with van der Waals surface area (Å²) in [5, 5.41) is 7.71. The van der Waals surface area contributed by atoms with Gasteiger partial charge in [0.25, 0.3) is 5.91 Å². The van der Waals surface area contributed by atoms with Crippen molar-refractivity contribution in [1.82, 2.24) is 10.7 Å². The van der Waals surface area contributed by atoms with Crippen LogP contribution in [0.5, 0.6) is 11.5 Å². The third kappa shape index (κ3) is 10.5. The van der Waals surface area contributed by atoms with Crippen LogP contribution in [0.3, 0.4) is 0 Å². The molecule has 3 rings (SSSR count). The molecule has 0 unspecified atom stereocenters. The van der Waals surface area contributed by atoms with E-state index in [0.29, 0.717) is 27.6 Å². The molecular formula is C31H38ClN3O5S. The summed E-state index contributed by atoms with van der Waals surface area (Å²) in [5.41, 5.74) is 3.00. The Hall–Kier alpha value is -3.43. The zero-order chi connectivity index (χ0) is 29.5. The number of unbranched alkanes of at least 4 members (excludes halogenated alkanes) is 8. The Morgan fingerprint density at radius 3 is 2.34 bits per heavy atom. The van der Waals surface area contributed by atoms with Crippen LogP contribution in [-0.2, 0) is 9.59 Å². The molecule has 0 aliphatic carbocycles. The Balaban J connectivity index is 1.39. The third-order valence-corrected chi connectivity index (χ3v) is 8.12. The Morgan fingerprint density at radius 1 is 0.927 bits per heavy atom. The first-order valence-electron chi connectivity index (χ1n) is 14.1. The molecule has 8 nitrogen and oxygen atoms in total. The highest BCUT2D eigenvalue weighted by Crippen LogP contribution is 2.37. The van der Waals surface area contributed by atoms with E-state index >= 15 is 0 Å². The number of amides is 2. The molecule has 0 saturated heterocycles. The van der Waals surface area contributed by atoms with Gasteiger partial charge in [0.15, 0.2) is 11.5 Å². The first-order valence-corrected chi connectivity index (χ1v) is 15.3. The maximum atomic E-state index is 12.8. The maximum absolute atomic E-state index is 12.8. The third-order valence-electron chi connectivity index (χ3n) is 6.47. The van der Waals surface area contributed by atoms with Gasteiger partial charge >= 0.3 is 5.97 Å². The molecule has 2 N–H and O–H groups in total. The zero-order valence-electron chi connectivity index (χ0n) is 23.7. The number of thiophene rings is 1. The number of nitrogens with one attached hydrogen (secondary N) is 2. The van der Waals surface area contributed by atoms with E-state index in [2.05, 4.69) is 22.8 Å². The fraction of sp³-hybridized carbons (Fsp3) is 0.419. The second kappa shape index (κ2) is 17.4. The summed E-state index contributed by atoms with van der Waals surface area (Å²) < 4.78 is 11.8. The number of hydrazone groups is 1. The van der Waals surface area contributed by atoms with Gasteiger partial charge in [0.05, 0.1) is 24.9 Å². The van der Waals surface area contributed by atoms with Crippen molar-refractivity contribution >= 4 is 57.0 Å². The summed E-state index contributed by atoms with van der Waals surface area (Å²) in [4.78, 5) is 37.2. The number of halogens is 1. The topological polar surface area (TPSA) is 106 Å². The lowest BCUT2D eigenvalue weighted by molar-refractivity contribution is -0.126. The van der Waals surface area contributed by atoms with Gasteiger partial charge < -0.3 is 14.8 Å². The van der Waals surface area contributed by atoms with Crippen LogP contribution in [0.2, 0.25) is 5.02 Å². The summed E-state index contributed by atoms with van der Waals surface area (Å²) in [6, 6.07) is 12.3. The van der Waals surface area contributed by atoms with Crippen LogP contribution in [-0.4, -0.2) is 37.7 Å². The molecule has 1 aromatic heterocycles. The molecule has 0 bridgehead atoms. The Bertz CT molecular complexity index is 1340. The van der Waals surface area contributed by atoms with Crippen LogP contribution in [0.4, 0.5) is 0 Å². The van der Waals surface area contributed by atoms with Gasteiger partial charge in [0.1, 0.15) is 4.88 Å². The number of carbonyl (C=O) groups excluding carboxylic acids is 3. The van der Waals surface area contributed by atoms with Crippen LogP contribution in [0, 0.1) is 0 Å². The molecule has 0 spiro atoms. The van der Waals surface area contributed by atoms with E-state index in [1.807, 2.05) is 24.3 Å². The van der Waals surface area contributed by atoms with E-state index in [-0.39, 0.29) is 18.2 Å². The number of benzene rings is 2. The van der Waals surface area contributed by atoms with Crippen molar-refractivity contribution in [3.63, 3.8) is 0 Å². The average Bonchev–Trinajstić information content (AvgIpc) is 3.32. The molecular weight excluding hydrogens is 562 g/mol. The highest BCUT2D eigenvalue weighted by atomic mass is 35.5. The van der Waals surface area contributed by atoms with E-state index in [1.54, 1.807) is 18.2 Å². The summed E-state index contributed by atoms with van der Waals surface area (Å²) >= 11 is 7.66. The molecule has 1 heterocycles. The first-order chi connectivity index (χ1) is 19.9. The van der Waals surface area contributed by atoms with Crippen LogP contribution < -0.4 is 20.2 Å². The SMILES string of the molecule is CCCCCCCCCCCC(=O)NCC(=O)N/N=C/c1ccc(OC(=O)c2sc3ccccc3c2Cl)c(OC)c1. The van der Waals surface area contributed by atoms with Crippen molar-refractivity contribution in [2.24, 2.45) is 5.10 Å². The van der Waals surface area contributed by atoms with Gasteiger partial charge in [-0.15, -0.1) is 11.3 Å². The molecule has 3 aromatic rings. The smallest absolute Gasteiger partial charge is 0.355 e. The first kappa shape index (κ1) is 32.1. The standard InChI is InChI=1S/C31H38ClN3O5S/c1-3-4-5-6-7-8-9-10-11-16-27(36)33-21-28(37)35-34-20-22-17-18-24(25(19-22)39-2)40-31(38)30-29(32)23-14-12-13-15-26(23)41-30/h12-15,17-20H,3-11,16,21H2,1-2H3,(H,33,36)(H,35,37)/b34-20+. The minimum Gasteiger partial charge on any atom is -0.493 e. The lowest BCUT2D eigenvalue weighted by Gasteiger charge is -2.09. The Morgan fingerprint density at radius 2 is 1.63 bits per heavy atom. The molecule has 0 aliphatic heterocycles. The molecule has 2 aromatic carbocycles. The lowest BCUT2D eigenvalue weighted by Crippen LogP contribution is -2.34. The molecule has 10 heteroatoms. The van der Waals surface area contributed by atoms with Crippen molar-refractivity contribution in [2.45, 2.75) is 71.1 Å². The minimum absolute atomic E-state index is 0.140. The van der Waals surface area contributed by atoms with Gasteiger partial charge in [-0.3, -0.25) is 9.59 Å². The highest BCUT2D eigenvalue weighted by molar-refractivity contribution is 7.21. The molecule has 0 aliphatic rings. The van der Waals surface area contributed by atoms with E-state index in [4.69, 9.17) is 21.1 Å². The molecule has 0 fully saturated rings. The number of esters is 1. The number of ether oxygens (including phenoxy) is 2. The fourth-order valence-electron chi connectivity index (χ4n) is 4.22. The predicted octanol–water partition coefficient (Wildman–Crippen LogP) is 7.27. The molecule has 220 valence electrons. The van der Waals surface area contributed by atoms with Crippen LogP contribution in [0.15, 0.2) is 47.6 Å². The lowest BCUT2D eigenvalue weighted by atomic mass is 10.1. The van der Waals surface area contributed by atoms with E-state index in [9.17, 15) is 14.4 Å². The van der Waals surface area contributed by atoms with Gasteiger partial charge in [-0.1, -0.05) is 88.1 Å². The molecule has 0 atom stereocenters. The van der Waals surface area contributed by atoms with Gasteiger partial charge in [-0.2, -0.15) is 5.10 Å². The van der Waals surface area contributed by atoms with Crippen LogP contribution in [0.1, 0.15) is 86.4 Å². The highest BCUT2D eigenvalue weighted by Gasteiger charge is 2.20. The van der Waals surface area contributed by atoms with E-state index in [0.717, 1.165) is 29.3 Å². The van der Waals surface area contributed by atoms with Crippen molar-refractivity contribution in [1.29, 1.82) is 0 Å². The van der Waals surface area contributed by atoms with E-state index < -0.39 is 11.9 Å². The second-order valence-corrected chi connectivity index (χ2v) is 11.1. The van der Waals surface area contributed by atoms with Gasteiger partial charge in [-0.05, 0) is 36.2 Å². The number of hydrogen-bond acceptors (Lipinski definition) is 7. The predicted molar refractivity (Wildman–Crippen MR) is 165 cm³/mol. The van der Waals surface area contributed by atoms with Crippen molar-refractivity contribution in [2.75, 3.05) is 13.7 Å². The number of fused-ring (bicyclic) bond motifs is 1. The molecule has 2 amide bonds. The van der Waals surface area contributed by atoms with Gasteiger partial charge in [0, 0.05) is 16.5 Å². The van der Waals surface area contributed by atoms with Gasteiger partial charge in [0.2, 0.25) is 5.91 Å². The Labute approximate surface area is 250 Å². The number of hydrogen-bond donors (Lipinski definition) is 2. The number of rotatable bonds is 17. The fourth-order valence-corrected chi connectivity index (χ4v) is 5.61. The number of nitrogens with zero attached hydrogens (tertiary/aromatic N) is 1. The van der Waals surface area contributed by atoms with Crippen molar-refractivity contribution in [3.8, 4) is 11.5 Å². The summed E-state index contributed by atoms with van der Waals surface area (Å²) in [6.07, 6.45) is 12.5. The van der Waals surface area contributed by atoms with Crippen LogP contribution in [0.25, 0.3) is 10.1 Å². The average molecular weight is 600 g/mol. The normalized spacial score (nSPS) is 11.1. The monoisotopic (exact) mass is 599 g/mol. The van der Waals surface area contributed by atoms with E-state index in [1.165, 1.54) is 63.2 Å². The number of carbonyl (C=O) groups is 3. The molecule has 41 heavy (non-hydrogen) atoms. The zero-order valence-corrected chi connectivity index (χ0v) is 25.2. The minimum atomic E-state index is -0.581. The Kier molecular flexibility index (Phi) is 13.6. The van der Waals surface area contributed by atoms with Crippen molar-refractivity contribution < 1.29 is 23.9 Å². The van der Waals surface area contributed by atoms with Crippen molar-refractivity contribution in [3.05, 3.63) is 57.9 Å². The second-order valence-electron chi connectivity index (χ2n) is 9.69. The quantitative estimate of drug-likeness (QED) is 0.0558. The largest absolute Gasteiger partial charge is 0.493 e.